The minimum atomic E-state index is -0.275. The van der Waals surface area contributed by atoms with Crippen molar-refractivity contribution in [1.29, 1.82) is 0 Å². The molecule has 0 radical (unpaired) electrons. The van der Waals surface area contributed by atoms with Gasteiger partial charge >= 0.3 is 0 Å². The molecule has 86 valence electrons. The zero-order chi connectivity index (χ0) is 11.3. The Hall–Kier alpha value is -0.320. The standard InChI is InChI=1S/C11H18BrNO2/c1-8(2)5-9(14)6-13-7-10-3-4-11(12)15-10/h3-4,8-9,13-14H,5-7H2,1-2H3. The van der Waals surface area contributed by atoms with Gasteiger partial charge in [0, 0.05) is 6.54 Å². The van der Waals surface area contributed by atoms with E-state index in [2.05, 4.69) is 35.1 Å². The van der Waals surface area contributed by atoms with Gasteiger partial charge in [-0.05, 0) is 40.4 Å². The lowest BCUT2D eigenvalue weighted by Crippen LogP contribution is -2.27. The summed E-state index contributed by atoms with van der Waals surface area (Å²) in [4.78, 5) is 0. The number of aliphatic hydroxyl groups is 1. The summed E-state index contributed by atoms with van der Waals surface area (Å²) in [6, 6.07) is 3.77. The molecular weight excluding hydrogens is 258 g/mol. The van der Waals surface area contributed by atoms with Crippen LogP contribution in [0, 0.1) is 5.92 Å². The predicted octanol–water partition coefficient (Wildman–Crippen LogP) is 2.54. The normalized spacial score (nSPS) is 13.4. The number of nitrogens with one attached hydrogen (secondary N) is 1. The zero-order valence-electron chi connectivity index (χ0n) is 9.16. The first-order valence-corrected chi connectivity index (χ1v) is 6.00. The Morgan fingerprint density at radius 2 is 2.20 bits per heavy atom. The van der Waals surface area contributed by atoms with E-state index in [-0.39, 0.29) is 6.10 Å². The molecule has 0 amide bonds. The van der Waals surface area contributed by atoms with Crippen LogP contribution >= 0.6 is 15.9 Å². The van der Waals surface area contributed by atoms with E-state index in [1.54, 1.807) is 0 Å². The summed E-state index contributed by atoms with van der Waals surface area (Å²) < 4.78 is 6.06. The van der Waals surface area contributed by atoms with E-state index in [1.165, 1.54) is 0 Å². The topological polar surface area (TPSA) is 45.4 Å². The Kier molecular flexibility index (Phi) is 5.36. The molecule has 1 unspecified atom stereocenters. The van der Waals surface area contributed by atoms with Crippen LogP contribution < -0.4 is 5.32 Å². The molecule has 0 spiro atoms. The van der Waals surface area contributed by atoms with Gasteiger partial charge in [-0.3, -0.25) is 0 Å². The van der Waals surface area contributed by atoms with E-state index in [0.717, 1.165) is 16.9 Å². The lowest BCUT2D eigenvalue weighted by atomic mass is 10.1. The smallest absolute Gasteiger partial charge is 0.169 e. The van der Waals surface area contributed by atoms with Crippen LogP contribution in [0.2, 0.25) is 0 Å². The third-order valence-corrected chi connectivity index (χ3v) is 2.48. The van der Waals surface area contributed by atoms with E-state index in [1.807, 2.05) is 12.1 Å². The van der Waals surface area contributed by atoms with E-state index >= 15 is 0 Å². The molecule has 1 aromatic heterocycles. The molecule has 2 N–H and O–H groups in total. The molecule has 3 nitrogen and oxygen atoms in total. The van der Waals surface area contributed by atoms with Crippen molar-refractivity contribution in [2.24, 2.45) is 5.92 Å². The van der Waals surface area contributed by atoms with Gasteiger partial charge in [0.1, 0.15) is 5.76 Å². The first-order chi connectivity index (χ1) is 7.08. The van der Waals surface area contributed by atoms with Crippen LogP contribution in [0.3, 0.4) is 0 Å². The van der Waals surface area contributed by atoms with Crippen molar-refractivity contribution >= 4 is 15.9 Å². The maximum atomic E-state index is 9.60. The van der Waals surface area contributed by atoms with Gasteiger partial charge in [-0.1, -0.05) is 13.8 Å². The van der Waals surface area contributed by atoms with Gasteiger partial charge in [-0.2, -0.15) is 0 Å². The summed E-state index contributed by atoms with van der Waals surface area (Å²) in [7, 11) is 0. The van der Waals surface area contributed by atoms with Crippen molar-refractivity contribution in [1.82, 2.24) is 5.32 Å². The Labute approximate surface area is 99.0 Å². The van der Waals surface area contributed by atoms with Crippen LogP contribution in [-0.4, -0.2) is 17.8 Å². The summed E-state index contributed by atoms with van der Waals surface area (Å²) in [5, 5.41) is 12.8. The monoisotopic (exact) mass is 275 g/mol. The zero-order valence-corrected chi connectivity index (χ0v) is 10.8. The molecule has 0 aliphatic rings. The van der Waals surface area contributed by atoms with Crippen molar-refractivity contribution < 1.29 is 9.52 Å². The maximum Gasteiger partial charge on any atom is 0.169 e. The van der Waals surface area contributed by atoms with Gasteiger partial charge in [0.25, 0.3) is 0 Å². The minimum Gasteiger partial charge on any atom is -0.453 e. The Morgan fingerprint density at radius 1 is 1.47 bits per heavy atom. The van der Waals surface area contributed by atoms with Crippen LogP contribution in [0.1, 0.15) is 26.0 Å². The third kappa shape index (κ3) is 5.35. The first kappa shape index (κ1) is 12.7. The number of rotatable bonds is 6. The quantitative estimate of drug-likeness (QED) is 0.839. The van der Waals surface area contributed by atoms with Crippen molar-refractivity contribution in [3.8, 4) is 0 Å². The molecule has 1 heterocycles. The Morgan fingerprint density at radius 3 is 2.73 bits per heavy atom. The molecule has 0 saturated heterocycles. The van der Waals surface area contributed by atoms with Crippen LogP contribution in [-0.2, 0) is 6.54 Å². The van der Waals surface area contributed by atoms with Gasteiger partial charge in [0.15, 0.2) is 4.67 Å². The first-order valence-electron chi connectivity index (χ1n) is 5.21. The molecule has 1 atom stereocenters. The molecule has 4 heteroatoms. The largest absolute Gasteiger partial charge is 0.453 e. The van der Waals surface area contributed by atoms with Crippen molar-refractivity contribution in [3.05, 3.63) is 22.6 Å². The molecule has 0 aromatic carbocycles. The highest BCUT2D eigenvalue weighted by molar-refractivity contribution is 9.10. The molecule has 1 rings (SSSR count). The third-order valence-electron chi connectivity index (χ3n) is 2.05. The number of hydrogen-bond donors (Lipinski definition) is 2. The lowest BCUT2D eigenvalue weighted by Gasteiger charge is -2.13. The van der Waals surface area contributed by atoms with Gasteiger partial charge in [0.2, 0.25) is 0 Å². The van der Waals surface area contributed by atoms with Crippen LogP contribution in [0.4, 0.5) is 0 Å². The fraction of sp³-hybridized carbons (Fsp3) is 0.636. The molecule has 1 aromatic rings. The number of furan rings is 1. The second-order valence-electron chi connectivity index (χ2n) is 4.12. The Bertz CT molecular complexity index is 286. The minimum absolute atomic E-state index is 0.275. The van der Waals surface area contributed by atoms with Crippen molar-refractivity contribution in [2.45, 2.75) is 32.9 Å². The van der Waals surface area contributed by atoms with Gasteiger partial charge in [-0.15, -0.1) is 0 Å². The molecule has 15 heavy (non-hydrogen) atoms. The van der Waals surface area contributed by atoms with Crippen molar-refractivity contribution in [3.63, 3.8) is 0 Å². The van der Waals surface area contributed by atoms with Crippen LogP contribution in [0.25, 0.3) is 0 Å². The number of aliphatic hydroxyl groups excluding tert-OH is 1. The predicted molar refractivity (Wildman–Crippen MR) is 63.6 cm³/mol. The van der Waals surface area contributed by atoms with E-state index < -0.39 is 0 Å². The number of halogens is 1. The molecule has 0 aliphatic heterocycles. The average Bonchev–Trinajstić information content (AvgIpc) is 2.50. The summed E-state index contributed by atoms with van der Waals surface area (Å²) in [5.41, 5.74) is 0. The van der Waals surface area contributed by atoms with Gasteiger partial charge < -0.3 is 14.8 Å². The van der Waals surface area contributed by atoms with E-state index in [4.69, 9.17) is 4.42 Å². The van der Waals surface area contributed by atoms with Crippen LogP contribution in [0.15, 0.2) is 21.2 Å². The lowest BCUT2D eigenvalue weighted by molar-refractivity contribution is 0.145. The molecule has 0 fully saturated rings. The highest BCUT2D eigenvalue weighted by Gasteiger charge is 2.06. The molecular formula is C11H18BrNO2. The average molecular weight is 276 g/mol. The summed E-state index contributed by atoms with van der Waals surface area (Å²) in [6.45, 7) is 5.47. The van der Waals surface area contributed by atoms with E-state index in [0.29, 0.717) is 19.0 Å². The van der Waals surface area contributed by atoms with E-state index in [9.17, 15) is 5.11 Å². The second-order valence-corrected chi connectivity index (χ2v) is 4.90. The molecule has 0 saturated carbocycles. The summed E-state index contributed by atoms with van der Waals surface area (Å²) in [6.07, 6.45) is 0.554. The second kappa shape index (κ2) is 6.30. The van der Waals surface area contributed by atoms with Crippen LogP contribution in [0.5, 0.6) is 0 Å². The highest BCUT2D eigenvalue weighted by Crippen LogP contribution is 2.13. The highest BCUT2D eigenvalue weighted by atomic mass is 79.9. The fourth-order valence-electron chi connectivity index (χ4n) is 1.44. The number of hydrogen-bond acceptors (Lipinski definition) is 3. The summed E-state index contributed by atoms with van der Waals surface area (Å²) in [5.74, 6) is 1.40. The van der Waals surface area contributed by atoms with Gasteiger partial charge in [0.05, 0.1) is 12.6 Å². The van der Waals surface area contributed by atoms with Crippen molar-refractivity contribution in [2.75, 3.05) is 6.54 Å². The maximum absolute atomic E-state index is 9.60. The SMILES string of the molecule is CC(C)CC(O)CNCc1ccc(Br)o1. The molecule has 0 aliphatic carbocycles. The fourth-order valence-corrected chi connectivity index (χ4v) is 1.78. The molecule has 0 bridgehead atoms. The van der Waals surface area contributed by atoms with Gasteiger partial charge in [-0.25, -0.2) is 0 Å². The summed E-state index contributed by atoms with van der Waals surface area (Å²) >= 11 is 3.24. The Balaban J connectivity index is 2.16.